The van der Waals surface area contributed by atoms with Crippen LogP contribution in [0.15, 0.2) is 18.3 Å². The smallest absolute Gasteiger partial charge is 0.409 e. The molecule has 0 spiro atoms. The van der Waals surface area contributed by atoms with E-state index in [9.17, 15) is 9.59 Å². The molecule has 1 saturated heterocycles. The number of aliphatic carboxylic acids is 1. The summed E-state index contributed by atoms with van der Waals surface area (Å²) >= 11 is 7.00. The zero-order valence-corrected chi connectivity index (χ0v) is 10.6. The first-order chi connectivity index (χ1) is 8.50. The highest BCUT2D eigenvalue weighted by Gasteiger charge is 2.42. The first kappa shape index (κ1) is 13.0. The molecule has 0 saturated carbocycles. The second-order valence-electron chi connectivity index (χ2n) is 3.64. The topological polar surface area (TPSA) is 90.7 Å². The van der Waals surface area contributed by atoms with Crippen LogP contribution in [0.2, 0.25) is 5.15 Å². The molecule has 8 heteroatoms. The van der Waals surface area contributed by atoms with E-state index >= 15 is 0 Å². The van der Waals surface area contributed by atoms with Gasteiger partial charge in [0.15, 0.2) is 0 Å². The van der Waals surface area contributed by atoms with Gasteiger partial charge in [0, 0.05) is 11.9 Å². The number of carboxylic acid groups (broad SMARTS) is 2. The lowest BCUT2D eigenvalue weighted by atomic mass is 10.2. The average Bonchev–Trinajstić information content (AvgIpc) is 2.73. The van der Waals surface area contributed by atoms with Gasteiger partial charge in [-0.05, 0) is 17.7 Å². The van der Waals surface area contributed by atoms with Crippen molar-refractivity contribution in [3.63, 3.8) is 0 Å². The van der Waals surface area contributed by atoms with Crippen LogP contribution in [-0.2, 0) is 4.79 Å². The number of rotatable bonds is 2. The van der Waals surface area contributed by atoms with E-state index in [-0.39, 0.29) is 10.9 Å². The fraction of sp³-hybridized carbons (Fsp3) is 0.300. The predicted octanol–water partition coefficient (Wildman–Crippen LogP) is 1.91. The summed E-state index contributed by atoms with van der Waals surface area (Å²) in [6.45, 7) is 0. The highest BCUT2D eigenvalue weighted by molar-refractivity contribution is 7.99. The fourth-order valence-electron chi connectivity index (χ4n) is 1.76. The molecule has 1 unspecified atom stereocenters. The van der Waals surface area contributed by atoms with Gasteiger partial charge >= 0.3 is 12.1 Å². The number of thioether (sulfide) groups is 1. The molecule has 1 aliphatic heterocycles. The SMILES string of the molecule is O=C(O)C1CS[C@H](c2ccnc(Cl)c2)N1C(=O)O. The largest absolute Gasteiger partial charge is 0.480 e. The normalized spacial score (nSPS) is 23.1. The third-order valence-electron chi connectivity index (χ3n) is 2.54. The van der Waals surface area contributed by atoms with Crippen molar-refractivity contribution in [3.05, 3.63) is 29.0 Å². The zero-order valence-electron chi connectivity index (χ0n) is 8.99. The highest BCUT2D eigenvalue weighted by Crippen LogP contribution is 2.41. The molecule has 2 heterocycles. The molecule has 0 aromatic carbocycles. The number of hydrogen-bond donors (Lipinski definition) is 2. The van der Waals surface area contributed by atoms with E-state index in [1.807, 2.05) is 0 Å². The van der Waals surface area contributed by atoms with Gasteiger partial charge < -0.3 is 10.2 Å². The summed E-state index contributed by atoms with van der Waals surface area (Å²) in [5, 5.41) is 17.8. The van der Waals surface area contributed by atoms with Gasteiger partial charge in [-0.2, -0.15) is 0 Å². The molecule has 0 aliphatic carbocycles. The Morgan fingerprint density at radius 1 is 1.50 bits per heavy atom. The Kier molecular flexibility index (Phi) is 3.63. The van der Waals surface area contributed by atoms with Gasteiger partial charge in [0.05, 0.1) is 0 Å². The number of carbonyl (C=O) groups is 2. The number of carboxylic acids is 1. The first-order valence-electron chi connectivity index (χ1n) is 4.98. The highest BCUT2D eigenvalue weighted by atomic mass is 35.5. The maximum atomic E-state index is 11.2. The lowest BCUT2D eigenvalue weighted by Crippen LogP contribution is -2.42. The Morgan fingerprint density at radius 2 is 2.22 bits per heavy atom. The van der Waals surface area contributed by atoms with Crippen LogP contribution < -0.4 is 0 Å². The second-order valence-corrected chi connectivity index (χ2v) is 5.14. The van der Waals surface area contributed by atoms with Crippen molar-refractivity contribution in [2.45, 2.75) is 11.4 Å². The third-order valence-corrected chi connectivity index (χ3v) is 4.07. The Bertz CT molecular complexity index is 499. The lowest BCUT2D eigenvalue weighted by molar-refractivity contribution is -0.141. The molecule has 0 bridgehead atoms. The summed E-state index contributed by atoms with van der Waals surface area (Å²) in [6, 6.07) is 2.13. The number of halogens is 1. The predicted molar refractivity (Wildman–Crippen MR) is 65.7 cm³/mol. The van der Waals surface area contributed by atoms with E-state index in [0.29, 0.717) is 5.56 Å². The van der Waals surface area contributed by atoms with Gasteiger partial charge in [-0.15, -0.1) is 11.8 Å². The minimum absolute atomic E-state index is 0.215. The Morgan fingerprint density at radius 3 is 2.78 bits per heavy atom. The van der Waals surface area contributed by atoms with Crippen LogP contribution in [-0.4, -0.2) is 44.0 Å². The van der Waals surface area contributed by atoms with E-state index in [1.165, 1.54) is 18.0 Å². The van der Waals surface area contributed by atoms with Crippen LogP contribution in [0, 0.1) is 0 Å². The summed E-state index contributed by atoms with van der Waals surface area (Å²) in [5.74, 6) is -0.931. The van der Waals surface area contributed by atoms with Gasteiger partial charge in [0.1, 0.15) is 16.6 Å². The van der Waals surface area contributed by atoms with Gasteiger partial charge in [0.2, 0.25) is 0 Å². The van der Waals surface area contributed by atoms with E-state index in [4.69, 9.17) is 21.8 Å². The lowest BCUT2D eigenvalue weighted by Gasteiger charge is -2.24. The molecule has 2 N–H and O–H groups in total. The number of pyridine rings is 1. The van der Waals surface area contributed by atoms with Crippen LogP contribution in [0.1, 0.15) is 10.9 Å². The third kappa shape index (κ3) is 2.37. The van der Waals surface area contributed by atoms with Crippen molar-refractivity contribution < 1.29 is 19.8 Å². The minimum atomic E-state index is -1.26. The molecule has 0 radical (unpaired) electrons. The van der Waals surface area contributed by atoms with Crippen LogP contribution in [0.5, 0.6) is 0 Å². The maximum absolute atomic E-state index is 11.2. The quantitative estimate of drug-likeness (QED) is 0.808. The van der Waals surface area contributed by atoms with E-state index in [0.717, 1.165) is 4.90 Å². The fourth-order valence-corrected chi connectivity index (χ4v) is 3.34. The molecular weight excluding hydrogens is 280 g/mol. The zero-order chi connectivity index (χ0) is 13.3. The maximum Gasteiger partial charge on any atom is 0.409 e. The molecule has 2 rings (SSSR count). The Balaban J connectivity index is 2.33. The minimum Gasteiger partial charge on any atom is -0.480 e. The molecule has 96 valence electrons. The van der Waals surface area contributed by atoms with E-state index < -0.39 is 23.5 Å². The number of nitrogens with zero attached hydrogens (tertiary/aromatic N) is 2. The van der Waals surface area contributed by atoms with E-state index in [1.54, 1.807) is 12.1 Å². The molecule has 1 aromatic heterocycles. The number of hydrogen-bond acceptors (Lipinski definition) is 4. The number of amides is 1. The Labute approximate surface area is 112 Å². The summed E-state index contributed by atoms with van der Waals surface area (Å²) in [7, 11) is 0. The summed E-state index contributed by atoms with van der Waals surface area (Å²) in [5.41, 5.74) is 0.631. The Hall–Kier alpha value is -1.47. The van der Waals surface area contributed by atoms with Crippen molar-refractivity contribution in [2.75, 3.05) is 5.75 Å². The van der Waals surface area contributed by atoms with Crippen molar-refractivity contribution >= 4 is 35.4 Å². The molecule has 6 nitrogen and oxygen atoms in total. The molecule has 18 heavy (non-hydrogen) atoms. The van der Waals surface area contributed by atoms with Crippen LogP contribution >= 0.6 is 23.4 Å². The molecule has 1 amide bonds. The van der Waals surface area contributed by atoms with Crippen molar-refractivity contribution in [1.29, 1.82) is 0 Å². The second kappa shape index (κ2) is 5.03. The van der Waals surface area contributed by atoms with Gasteiger partial charge in [-0.25, -0.2) is 14.6 Å². The number of aromatic nitrogens is 1. The summed E-state index contributed by atoms with van der Waals surface area (Å²) in [4.78, 5) is 26.9. The monoisotopic (exact) mass is 288 g/mol. The van der Waals surface area contributed by atoms with Gasteiger partial charge in [0.25, 0.3) is 0 Å². The summed E-state index contributed by atoms with van der Waals surface area (Å²) < 4.78 is 0. The van der Waals surface area contributed by atoms with Gasteiger partial charge in [-0.1, -0.05) is 11.6 Å². The van der Waals surface area contributed by atoms with Crippen LogP contribution in [0.3, 0.4) is 0 Å². The average molecular weight is 289 g/mol. The van der Waals surface area contributed by atoms with Crippen LogP contribution in [0.25, 0.3) is 0 Å². The molecule has 1 aromatic rings. The standard InChI is InChI=1S/C10H9ClN2O4S/c11-7-3-5(1-2-12-7)8-13(10(16)17)6(4-18-8)9(14)15/h1-3,6,8H,4H2,(H,14,15)(H,16,17)/t6?,8-/m1/s1. The van der Waals surface area contributed by atoms with Crippen molar-refractivity contribution in [1.82, 2.24) is 9.88 Å². The van der Waals surface area contributed by atoms with E-state index in [2.05, 4.69) is 4.98 Å². The molecule has 2 atom stereocenters. The molecule has 1 aliphatic rings. The molecular formula is C10H9ClN2O4S. The van der Waals surface area contributed by atoms with Crippen LogP contribution in [0.4, 0.5) is 4.79 Å². The van der Waals surface area contributed by atoms with Crippen molar-refractivity contribution in [3.8, 4) is 0 Å². The van der Waals surface area contributed by atoms with Gasteiger partial charge in [-0.3, -0.25) is 4.90 Å². The molecule has 1 fully saturated rings. The summed E-state index contributed by atoms with van der Waals surface area (Å²) in [6.07, 6.45) is 0.206. The van der Waals surface area contributed by atoms with Crippen molar-refractivity contribution in [2.24, 2.45) is 0 Å². The first-order valence-corrected chi connectivity index (χ1v) is 6.40.